The average Bonchev–Trinajstić information content (AvgIpc) is 2.66. The molecule has 0 aromatic heterocycles. The molecule has 2 N–H and O–H groups in total. The van der Waals surface area contributed by atoms with Crippen LogP contribution in [0.1, 0.15) is 29.6 Å². The second-order valence-corrected chi connectivity index (χ2v) is 4.26. The van der Waals surface area contributed by atoms with Crippen LogP contribution in [0.25, 0.3) is 0 Å². The molecule has 4 nitrogen and oxygen atoms in total. The summed E-state index contributed by atoms with van der Waals surface area (Å²) in [6.45, 7) is 0.0186. The van der Waals surface area contributed by atoms with Gasteiger partial charge in [-0.25, -0.2) is 0 Å². The zero-order valence-corrected chi connectivity index (χ0v) is 8.86. The van der Waals surface area contributed by atoms with E-state index in [1.165, 1.54) is 0 Å². The van der Waals surface area contributed by atoms with Crippen LogP contribution in [-0.2, 0) is 0 Å². The van der Waals surface area contributed by atoms with Crippen LogP contribution in [-0.4, -0.2) is 18.1 Å². The number of hydrogen-bond acceptors (Lipinski definition) is 4. The van der Waals surface area contributed by atoms with Gasteiger partial charge in [0.05, 0.1) is 6.54 Å². The third-order valence-corrected chi connectivity index (χ3v) is 3.16. The minimum atomic E-state index is -0.438. The van der Waals surface area contributed by atoms with E-state index < -0.39 is 5.79 Å². The highest BCUT2D eigenvalue weighted by atomic mass is 16.7. The summed E-state index contributed by atoms with van der Waals surface area (Å²) in [5.74, 6) is 0.875. The molecule has 0 radical (unpaired) electrons. The monoisotopic (exact) mass is 219 g/mol. The van der Waals surface area contributed by atoms with Gasteiger partial charge in [0.2, 0.25) is 0 Å². The molecule has 0 unspecified atom stereocenters. The third kappa shape index (κ3) is 1.30. The number of fused-ring (bicyclic) bond motifs is 1. The van der Waals surface area contributed by atoms with Crippen LogP contribution >= 0.6 is 0 Å². The normalized spacial score (nSPS) is 19.6. The summed E-state index contributed by atoms with van der Waals surface area (Å²) in [4.78, 5) is 11.4. The molecule has 1 fully saturated rings. The second-order valence-electron chi connectivity index (χ2n) is 4.26. The molecule has 0 saturated heterocycles. The van der Waals surface area contributed by atoms with Crippen molar-refractivity contribution >= 4 is 5.78 Å². The molecule has 0 atom stereocenters. The van der Waals surface area contributed by atoms with Crippen LogP contribution in [0.4, 0.5) is 0 Å². The summed E-state index contributed by atoms with van der Waals surface area (Å²) in [5.41, 5.74) is 5.90. The number of benzene rings is 1. The largest absolute Gasteiger partial charge is 0.448 e. The van der Waals surface area contributed by atoms with Crippen LogP contribution in [0.15, 0.2) is 18.2 Å². The van der Waals surface area contributed by atoms with Crippen LogP contribution in [0.5, 0.6) is 11.5 Å². The zero-order valence-electron chi connectivity index (χ0n) is 8.86. The molecule has 1 aliphatic carbocycles. The molecule has 1 aromatic carbocycles. The van der Waals surface area contributed by atoms with Crippen molar-refractivity contribution in [1.29, 1.82) is 0 Å². The number of nitrogens with two attached hydrogens (primary N) is 1. The van der Waals surface area contributed by atoms with E-state index in [1.54, 1.807) is 18.2 Å². The van der Waals surface area contributed by atoms with E-state index in [0.29, 0.717) is 11.3 Å². The van der Waals surface area contributed by atoms with Gasteiger partial charge < -0.3 is 15.2 Å². The fourth-order valence-corrected chi connectivity index (χ4v) is 2.05. The maximum absolute atomic E-state index is 11.4. The van der Waals surface area contributed by atoms with Crippen LogP contribution in [0, 0.1) is 0 Å². The number of ether oxygens (including phenoxy) is 2. The van der Waals surface area contributed by atoms with Crippen molar-refractivity contribution in [2.45, 2.75) is 25.0 Å². The summed E-state index contributed by atoms with van der Waals surface area (Å²) in [7, 11) is 0. The van der Waals surface area contributed by atoms with E-state index in [9.17, 15) is 4.79 Å². The number of Topliss-reactive ketones (excluding diaryl/α,β-unsaturated/α-hetero) is 1. The van der Waals surface area contributed by atoms with Gasteiger partial charge in [-0.15, -0.1) is 0 Å². The Hall–Kier alpha value is -1.55. The van der Waals surface area contributed by atoms with Crippen LogP contribution in [0.3, 0.4) is 0 Å². The smallest absolute Gasteiger partial charge is 0.251 e. The number of rotatable bonds is 2. The topological polar surface area (TPSA) is 61.6 Å². The van der Waals surface area contributed by atoms with Crippen molar-refractivity contribution in [3.63, 3.8) is 0 Å². The number of carbonyl (C=O) groups is 1. The molecule has 3 rings (SSSR count). The number of hydrogen-bond donors (Lipinski definition) is 1. The lowest BCUT2D eigenvalue weighted by Gasteiger charge is -2.35. The Bertz CT molecular complexity index is 452. The number of carbonyl (C=O) groups excluding carboxylic acids is 1. The number of ketones is 1. The maximum atomic E-state index is 11.4. The van der Waals surface area contributed by atoms with Gasteiger partial charge in [0, 0.05) is 18.4 Å². The Balaban J connectivity index is 1.91. The van der Waals surface area contributed by atoms with E-state index >= 15 is 0 Å². The van der Waals surface area contributed by atoms with Gasteiger partial charge in [-0.1, -0.05) is 0 Å². The first-order valence-corrected chi connectivity index (χ1v) is 5.48. The van der Waals surface area contributed by atoms with E-state index in [4.69, 9.17) is 15.2 Å². The van der Waals surface area contributed by atoms with Crippen LogP contribution < -0.4 is 15.2 Å². The maximum Gasteiger partial charge on any atom is 0.251 e. The highest BCUT2D eigenvalue weighted by molar-refractivity contribution is 5.98. The molecule has 1 saturated carbocycles. The van der Waals surface area contributed by atoms with Gasteiger partial charge in [0.25, 0.3) is 5.79 Å². The Morgan fingerprint density at radius 2 is 2.06 bits per heavy atom. The van der Waals surface area contributed by atoms with Gasteiger partial charge in [-0.2, -0.15) is 0 Å². The van der Waals surface area contributed by atoms with E-state index in [0.717, 1.165) is 25.0 Å². The summed E-state index contributed by atoms with van der Waals surface area (Å²) in [5, 5.41) is 0. The molecular formula is C12H13NO3. The minimum Gasteiger partial charge on any atom is -0.448 e. The summed E-state index contributed by atoms with van der Waals surface area (Å²) in [6, 6.07) is 5.23. The lowest BCUT2D eigenvalue weighted by molar-refractivity contribution is -0.138. The zero-order chi connectivity index (χ0) is 11.2. The summed E-state index contributed by atoms with van der Waals surface area (Å²) >= 11 is 0. The van der Waals surface area contributed by atoms with Gasteiger partial charge in [-0.3, -0.25) is 4.79 Å². The molecule has 0 amide bonds. The van der Waals surface area contributed by atoms with Crippen LogP contribution in [0.2, 0.25) is 0 Å². The molecule has 84 valence electrons. The molecule has 2 aliphatic rings. The first-order chi connectivity index (χ1) is 7.72. The van der Waals surface area contributed by atoms with Crippen molar-refractivity contribution in [3.05, 3.63) is 23.8 Å². The van der Waals surface area contributed by atoms with Crippen molar-refractivity contribution in [2.75, 3.05) is 6.54 Å². The van der Waals surface area contributed by atoms with E-state index in [-0.39, 0.29) is 12.3 Å². The second kappa shape index (κ2) is 3.22. The fraction of sp³-hybridized carbons (Fsp3) is 0.417. The summed E-state index contributed by atoms with van der Waals surface area (Å²) in [6.07, 6.45) is 2.96. The highest BCUT2D eigenvalue weighted by Crippen LogP contribution is 2.48. The predicted molar refractivity (Wildman–Crippen MR) is 57.7 cm³/mol. The molecule has 16 heavy (non-hydrogen) atoms. The van der Waals surface area contributed by atoms with Gasteiger partial charge in [0.15, 0.2) is 17.3 Å². The SMILES string of the molecule is NCC(=O)c1ccc2c(c1)OC1(CCC1)O2. The van der Waals surface area contributed by atoms with Gasteiger partial charge >= 0.3 is 0 Å². The van der Waals surface area contributed by atoms with Crippen molar-refractivity contribution in [2.24, 2.45) is 5.73 Å². The first kappa shape index (κ1) is 9.66. The molecular weight excluding hydrogens is 206 g/mol. The standard InChI is InChI=1S/C12H13NO3/c13-7-9(14)8-2-3-10-11(6-8)16-12(15-10)4-1-5-12/h2-3,6H,1,4-5,7,13H2. The molecule has 1 aliphatic heterocycles. The Morgan fingerprint density at radius 3 is 2.69 bits per heavy atom. The Labute approximate surface area is 93.3 Å². The van der Waals surface area contributed by atoms with Crippen molar-refractivity contribution in [1.82, 2.24) is 0 Å². The fourth-order valence-electron chi connectivity index (χ4n) is 2.05. The third-order valence-electron chi connectivity index (χ3n) is 3.16. The first-order valence-electron chi connectivity index (χ1n) is 5.48. The highest BCUT2D eigenvalue weighted by Gasteiger charge is 2.47. The lowest BCUT2D eigenvalue weighted by atomic mass is 9.91. The molecule has 1 aromatic rings. The minimum absolute atomic E-state index is 0.0186. The molecule has 0 bridgehead atoms. The summed E-state index contributed by atoms with van der Waals surface area (Å²) < 4.78 is 11.5. The molecule has 1 heterocycles. The van der Waals surface area contributed by atoms with Gasteiger partial charge in [0.1, 0.15) is 0 Å². The lowest BCUT2D eigenvalue weighted by Crippen LogP contribution is -2.45. The molecule has 1 spiro atoms. The average molecular weight is 219 g/mol. The van der Waals surface area contributed by atoms with Crippen molar-refractivity contribution in [3.8, 4) is 11.5 Å². The predicted octanol–water partition coefficient (Wildman–Crippen LogP) is 1.48. The quantitative estimate of drug-likeness (QED) is 0.765. The van der Waals surface area contributed by atoms with E-state index in [1.807, 2.05) is 0 Å². The van der Waals surface area contributed by atoms with Crippen molar-refractivity contribution < 1.29 is 14.3 Å². The molecule has 4 heteroatoms. The van der Waals surface area contributed by atoms with E-state index in [2.05, 4.69) is 0 Å². The Morgan fingerprint density at radius 1 is 1.31 bits per heavy atom. The van der Waals surface area contributed by atoms with Gasteiger partial charge in [-0.05, 0) is 24.6 Å². The Kier molecular flexibility index (Phi) is 1.94.